The van der Waals surface area contributed by atoms with Gasteiger partial charge >= 0.3 is 0 Å². The van der Waals surface area contributed by atoms with E-state index in [4.69, 9.17) is 4.74 Å². The number of thiophene rings is 1. The second-order valence-electron chi connectivity index (χ2n) is 4.70. The minimum Gasteiger partial charge on any atom is -0.372 e. The average Bonchev–Trinajstić information content (AvgIpc) is 2.68. The van der Waals surface area contributed by atoms with Crippen LogP contribution in [-0.4, -0.2) is 36.1 Å². The van der Waals surface area contributed by atoms with Gasteiger partial charge in [0.2, 0.25) is 0 Å². The molecule has 0 N–H and O–H groups in total. The van der Waals surface area contributed by atoms with E-state index in [1.165, 1.54) is 4.88 Å². The maximum Gasteiger partial charge on any atom is 0.264 e. The number of halogens is 1. The van der Waals surface area contributed by atoms with Gasteiger partial charge in [0, 0.05) is 22.4 Å². The van der Waals surface area contributed by atoms with Gasteiger partial charge in [0.25, 0.3) is 5.91 Å². The van der Waals surface area contributed by atoms with E-state index in [1.807, 2.05) is 24.8 Å². The van der Waals surface area contributed by atoms with Crippen molar-refractivity contribution in [1.82, 2.24) is 4.90 Å². The number of rotatable bonds is 2. The molecular formula is C13H18BrNO2S. The fraction of sp³-hybridized carbons (Fsp3) is 0.615. The summed E-state index contributed by atoms with van der Waals surface area (Å²) in [6.45, 7) is 7.49. The Kier molecular flexibility index (Phi) is 4.45. The molecular weight excluding hydrogens is 314 g/mol. The first-order valence-corrected chi connectivity index (χ1v) is 7.85. The summed E-state index contributed by atoms with van der Waals surface area (Å²) in [4.78, 5) is 16.4. The van der Waals surface area contributed by atoms with Crippen LogP contribution in [0.25, 0.3) is 0 Å². The molecule has 0 radical (unpaired) electrons. The lowest BCUT2D eigenvalue weighted by atomic mass is 10.2. The molecule has 2 atom stereocenters. The Labute approximate surface area is 120 Å². The highest BCUT2D eigenvalue weighted by Crippen LogP contribution is 2.29. The monoisotopic (exact) mass is 331 g/mol. The van der Waals surface area contributed by atoms with Gasteiger partial charge in [-0.3, -0.25) is 4.79 Å². The zero-order valence-electron chi connectivity index (χ0n) is 10.9. The number of carbonyl (C=O) groups excluding carboxylic acids is 1. The summed E-state index contributed by atoms with van der Waals surface area (Å²) >= 11 is 5.09. The van der Waals surface area contributed by atoms with Crippen molar-refractivity contribution in [2.75, 3.05) is 13.1 Å². The second-order valence-corrected chi connectivity index (χ2v) is 6.69. The van der Waals surface area contributed by atoms with E-state index in [1.54, 1.807) is 11.3 Å². The third kappa shape index (κ3) is 2.95. The van der Waals surface area contributed by atoms with E-state index in [0.717, 1.165) is 15.8 Å². The smallest absolute Gasteiger partial charge is 0.264 e. The number of aryl methyl sites for hydroxylation is 1. The molecule has 5 heteroatoms. The van der Waals surface area contributed by atoms with E-state index >= 15 is 0 Å². The first kappa shape index (κ1) is 14.0. The summed E-state index contributed by atoms with van der Waals surface area (Å²) in [6.07, 6.45) is 1.19. The SMILES string of the molecule is CCc1sc(C(=O)N2C[C@@H](C)O[C@H](C)C2)cc1Br. The molecule has 3 nitrogen and oxygen atoms in total. The lowest BCUT2D eigenvalue weighted by Crippen LogP contribution is -2.48. The number of nitrogens with zero attached hydrogens (tertiary/aromatic N) is 1. The highest BCUT2D eigenvalue weighted by Gasteiger charge is 2.27. The molecule has 1 fully saturated rings. The summed E-state index contributed by atoms with van der Waals surface area (Å²) in [7, 11) is 0. The number of amides is 1. The Morgan fingerprint density at radius 3 is 2.61 bits per heavy atom. The van der Waals surface area contributed by atoms with Crippen LogP contribution in [0.5, 0.6) is 0 Å². The summed E-state index contributed by atoms with van der Waals surface area (Å²) in [6, 6.07) is 1.94. The molecule has 1 amide bonds. The van der Waals surface area contributed by atoms with Gasteiger partial charge in [0.15, 0.2) is 0 Å². The lowest BCUT2D eigenvalue weighted by molar-refractivity contribution is -0.0585. The molecule has 0 unspecified atom stereocenters. The highest BCUT2D eigenvalue weighted by molar-refractivity contribution is 9.10. The van der Waals surface area contributed by atoms with Crippen LogP contribution in [0.15, 0.2) is 10.5 Å². The van der Waals surface area contributed by atoms with Crippen LogP contribution in [0.1, 0.15) is 35.3 Å². The molecule has 0 bridgehead atoms. The molecule has 1 aromatic rings. The molecule has 1 saturated heterocycles. The number of hydrogen-bond acceptors (Lipinski definition) is 3. The minimum atomic E-state index is 0.117. The van der Waals surface area contributed by atoms with Crippen molar-refractivity contribution < 1.29 is 9.53 Å². The van der Waals surface area contributed by atoms with Crippen molar-refractivity contribution in [1.29, 1.82) is 0 Å². The fourth-order valence-corrected chi connectivity index (χ4v) is 4.12. The van der Waals surface area contributed by atoms with Crippen LogP contribution in [0, 0.1) is 0 Å². The number of morpholine rings is 1. The van der Waals surface area contributed by atoms with E-state index < -0.39 is 0 Å². The van der Waals surface area contributed by atoms with Gasteiger partial charge in [-0.1, -0.05) is 6.92 Å². The predicted molar refractivity (Wildman–Crippen MR) is 77.3 cm³/mol. The molecule has 0 saturated carbocycles. The van der Waals surface area contributed by atoms with Crippen molar-refractivity contribution in [3.63, 3.8) is 0 Å². The largest absolute Gasteiger partial charge is 0.372 e. The topological polar surface area (TPSA) is 29.5 Å². The summed E-state index contributed by atoms with van der Waals surface area (Å²) < 4.78 is 6.70. The van der Waals surface area contributed by atoms with Crippen LogP contribution in [0.3, 0.4) is 0 Å². The minimum absolute atomic E-state index is 0.117. The Balaban J connectivity index is 2.14. The quantitative estimate of drug-likeness (QED) is 0.831. The average molecular weight is 332 g/mol. The Hall–Kier alpha value is -0.390. The molecule has 2 heterocycles. The van der Waals surface area contributed by atoms with Crippen LogP contribution >= 0.6 is 27.3 Å². The third-order valence-corrected chi connectivity index (χ3v) is 5.23. The first-order chi connectivity index (χ1) is 8.51. The van der Waals surface area contributed by atoms with E-state index in [-0.39, 0.29) is 18.1 Å². The van der Waals surface area contributed by atoms with Crippen molar-refractivity contribution in [3.05, 3.63) is 20.3 Å². The van der Waals surface area contributed by atoms with Gasteiger partial charge in [0.1, 0.15) is 0 Å². The van der Waals surface area contributed by atoms with Crippen LogP contribution < -0.4 is 0 Å². The van der Waals surface area contributed by atoms with Crippen molar-refractivity contribution in [2.24, 2.45) is 0 Å². The van der Waals surface area contributed by atoms with Crippen molar-refractivity contribution in [3.8, 4) is 0 Å². The highest BCUT2D eigenvalue weighted by atomic mass is 79.9. The van der Waals surface area contributed by atoms with Crippen LogP contribution in [0.4, 0.5) is 0 Å². The fourth-order valence-electron chi connectivity index (χ4n) is 2.25. The molecule has 0 aliphatic carbocycles. The number of hydrogen-bond donors (Lipinski definition) is 0. The van der Waals surface area contributed by atoms with Gasteiger partial charge < -0.3 is 9.64 Å². The number of ether oxygens (including phenoxy) is 1. The van der Waals surface area contributed by atoms with Crippen molar-refractivity contribution >= 4 is 33.2 Å². The first-order valence-electron chi connectivity index (χ1n) is 6.24. The molecule has 1 aliphatic heterocycles. The van der Waals surface area contributed by atoms with Crippen molar-refractivity contribution in [2.45, 2.75) is 39.4 Å². The maximum atomic E-state index is 12.4. The Morgan fingerprint density at radius 2 is 2.11 bits per heavy atom. The molecule has 1 aromatic heterocycles. The van der Waals surface area contributed by atoms with Gasteiger partial charge in [0.05, 0.1) is 17.1 Å². The maximum absolute atomic E-state index is 12.4. The second kappa shape index (κ2) is 5.72. The summed E-state index contributed by atoms with van der Waals surface area (Å²) in [5.74, 6) is 0.127. The predicted octanol–water partition coefficient (Wildman–Crippen LogP) is 3.32. The van der Waals surface area contributed by atoms with Gasteiger partial charge in [-0.25, -0.2) is 0 Å². The van der Waals surface area contributed by atoms with E-state index in [0.29, 0.717) is 13.1 Å². The molecule has 0 aromatic carbocycles. The lowest BCUT2D eigenvalue weighted by Gasteiger charge is -2.35. The summed E-state index contributed by atoms with van der Waals surface area (Å²) in [5.41, 5.74) is 0. The molecule has 18 heavy (non-hydrogen) atoms. The Morgan fingerprint density at radius 1 is 1.50 bits per heavy atom. The van der Waals surface area contributed by atoms with Crippen LogP contribution in [0.2, 0.25) is 0 Å². The van der Waals surface area contributed by atoms with Gasteiger partial charge in [-0.05, 0) is 42.3 Å². The molecule has 1 aliphatic rings. The third-order valence-electron chi connectivity index (χ3n) is 3.00. The number of carbonyl (C=O) groups is 1. The Bertz CT molecular complexity index is 436. The normalized spacial score (nSPS) is 24.3. The standard InChI is InChI=1S/C13H18BrNO2S/c1-4-11-10(14)5-12(18-11)13(16)15-6-8(2)17-9(3)7-15/h5,8-9H,4,6-7H2,1-3H3/t8-,9-/m1/s1. The molecule has 2 rings (SSSR count). The molecule has 100 valence electrons. The van der Waals surface area contributed by atoms with E-state index in [2.05, 4.69) is 22.9 Å². The van der Waals surface area contributed by atoms with Gasteiger partial charge in [-0.15, -0.1) is 11.3 Å². The van der Waals surface area contributed by atoms with E-state index in [9.17, 15) is 4.79 Å². The zero-order chi connectivity index (χ0) is 13.3. The van der Waals surface area contributed by atoms with Gasteiger partial charge in [-0.2, -0.15) is 0 Å². The van der Waals surface area contributed by atoms with Crippen LogP contribution in [-0.2, 0) is 11.2 Å². The zero-order valence-corrected chi connectivity index (χ0v) is 13.3. The summed E-state index contributed by atoms with van der Waals surface area (Å²) in [5, 5.41) is 0. The molecule has 0 spiro atoms.